The first kappa shape index (κ1) is 12.6. The van der Waals surface area contributed by atoms with E-state index in [0.717, 1.165) is 28.7 Å². The van der Waals surface area contributed by atoms with Gasteiger partial charge in [0.15, 0.2) is 0 Å². The molecule has 0 spiro atoms. The molecular formula is C15H19N3. The molecule has 18 heavy (non-hydrogen) atoms. The summed E-state index contributed by atoms with van der Waals surface area (Å²) in [5.41, 5.74) is 9.05. The molecule has 2 rings (SSSR count). The summed E-state index contributed by atoms with van der Waals surface area (Å²) in [6.07, 6.45) is 1.17. The zero-order valence-corrected chi connectivity index (χ0v) is 10.9. The molecule has 0 aromatic heterocycles. The molecule has 0 bridgehead atoms. The van der Waals surface area contributed by atoms with Crippen molar-refractivity contribution in [3.8, 4) is 0 Å². The van der Waals surface area contributed by atoms with Crippen molar-refractivity contribution in [3.63, 3.8) is 0 Å². The maximum absolute atomic E-state index is 7.20. The fourth-order valence-corrected chi connectivity index (χ4v) is 1.96. The maximum Gasteiger partial charge on any atom is 0.0929 e. The van der Waals surface area contributed by atoms with Crippen LogP contribution in [0.4, 0.5) is 11.4 Å². The van der Waals surface area contributed by atoms with Gasteiger partial charge in [0.25, 0.3) is 0 Å². The van der Waals surface area contributed by atoms with Crippen molar-refractivity contribution in [2.24, 2.45) is 11.0 Å². The highest BCUT2D eigenvalue weighted by Crippen LogP contribution is 2.31. The van der Waals surface area contributed by atoms with E-state index < -0.39 is 0 Å². The normalized spacial score (nSPS) is 12.3. The summed E-state index contributed by atoms with van der Waals surface area (Å²) in [5.74, 6) is 0.657. The molecule has 0 amide bonds. The second-order valence-electron chi connectivity index (χ2n) is 4.68. The molecule has 0 heterocycles. The number of benzene rings is 2. The van der Waals surface area contributed by atoms with Crippen LogP contribution in [-0.2, 0) is 0 Å². The van der Waals surface area contributed by atoms with Crippen molar-refractivity contribution in [2.75, 3.05) is 11.9 Å². The number of hydrogen-bond donors (Lipinski definition) is 2. The van der Waals surface area contributed by atoms with Gasteiger partial charge in [-0.05, 0) is 18.1 Å². The lowest BCUT2D eigenvalue weighted by atomic mass is 10.1. The third-order valence-corrected chi connectivity index (χ3v) is 3.36. The Morgan fingerprint density at radius 1 is 1.17 bits per heavy atom. The zero-order chi connectivity index (χ0) is 13.0. The molecule has 3 heteroatoms. The van der Waals surface area contributed by atoms with Crippen molar-refractivity contribution in [2.45, 2.75) is 20.3 Å². The SMILES string of the molecule is CCC(C)CNc1ccc(N=N)c2ccccc12. The van der Waals surface area contributed by atoms with Crippen LogP contribution in [0.25, 0.3) is 10.8 Å². The van der Waals surface area contributed by atoms with Crippen LogP contribution >= 0.6 is 0 Å². The highest BCUT2D eigenvalue weighted by Gasteiger charge is 2.05. The number of rotatable bonds is 5. The van der Waals surface area contributed by atoms with E-state index in [9.17, 15) is 0 Å². The van der Waals surface area contributed by atoms with E-state index in [0.29, 0.717) is 5.92 Å². The summed E-state index contributed by atoms with van der Waals surface area (Å²) < 4.78 is 0. The van der Waals surface area contributed by atoms with E-state index >= 15 is 0 Å². The second kappa shape index (κ2) is 5.63. The lowest BCUT2D eigenvalue weighted by molar-refractivity contribution is 0.594. The monoisotopic (exact) mass is 241 g/mol. The summed E-state index contributed by atoms with van der Waals surface area (Å²) in [4.78, 5) is 0. The van der Waals surface area contributed by atoms with Crippen LogP contribution in [0.5, 0.6) is 0 Å². The van der Waals surface area contributed by atoms with Gasteiger partial charge in [-0.3, -0.25) is 0 Å². The van der Waals surface area contributed by atoms with E-state index in [1.54, 1.807) is 0 Å². The minimum Gasteiger partial charge on any atom is -0.384 e. The van der Waals surface area contributed by atoms with E-state index in [-0.39, 0.29) is 0 Å². The molecule has 2 aromatic carbocycles. The van der Waals surface area contributed by atoms with Crippen LogP contribution in [0, 0.1) is 11.4 Å². The van der Waals surface area contributed by atoms with Crippen molar-refractivity contribution >= 4 is 22.1 Å². The Labute approximate surface area is 108 Å². The molecule has 0 fully saturated rings. The molecule has 0 saturated carbocycles. The molecule has 3 nitrogen and oxygen atoms in total. The predicted molar refractivity (Wildman–Crippen MR) is 76.7 cm³/mol. The first-order valence-electron chi connectivity index (χ1n) is 6.39. The lowest BCUT2D eigenvalue weighted by Gasteiger charge is -2.14. The van der Waals surface area contributed by atoms with Gasteiger partial charge in [0, 0.05) is 23.0 Å². The van der Waals surface area contributed by atoms with Gasteiger partial charge in [-0.2, -0.15) is 5.11 Å². The topological polar surface area (TPSA) is 48.2 Å². The molecule has 0 radical (unpaired) electrons. The standard InChI is InChI=1S/C15H19N3/c1-3-11(2)10-17-14-8-9-15(18-16)13-7-5-4-6-12(13)14/h4-9,11,16-17H,3,10H2,1-2H3. The third kappa shape index (κ3) is 2.50. The summed E-state index contributed by atoms with van der Waals surface area (Å²) in [7, 11) is 0. The molecule has 94 valence electrons. The first-order valence-corrected chi connectivity index (χ1v) is 6.39. The molecule has 2 aromatic rings. The van der Waals surface area contributed by atoms with E-state index in [2.05, 4.69) is 30.3 Å². The number of hydrogen-bond acceptors (Lipinski definition) is 3. The van der Waals surface area contributed by atoms with Crippen LogP contribution in [0.15, 0.2) is 41.5 Å². The van der Waals surface area contributed by atoms with Gasteiger partial charge < -0.3 is 5.32 Å². The summed E-state index contributed by atoms with van der Waals surface area (Å²) >= 11 is 0. The summed E-state index contributed by atoms with van der Waals surface area (Å²) in [5, 5.41) is 9.22. The Hall–Kier alpha value is -1.90. The fourth-order valence-electron chi connectivity index (χ4n) is 1.96. The number of nitrogens with one attached hydrogen (secondary N) is 2. The van der Waals surface area contributed by atoms with Crippen LogP contribution < -0.4 is 5.32 Å². The van der Waals surface area contributed by atoms with Crippen molar-refractivity contribution < 1.29 is 0 Å². The number of anilines is 1. The van der Waals surface area contributed by atoms with Gasteiger partial charge in [-0.15, -0.1) is 0 Å². The molecule has 2 N–H and O–H groups in total. The first-order chi connectivity index (χ1) is 8.76. The number of nitrogens with zero attached hydrogens (tertiary/aromatic N) is 1. The van der Waals surface area contributed by atoms with E-state index in [1.165, 1.54) is 6.42 Å². The Balaban J connectivity index is 2.37. The predicted octanol–water partition coefficient (Wildman–Crippen LogP) is 4.96. The smallest absolute Gasteiger partial charge is 0.0929 e. The van der Waals surface area contributed by atoms with Gasteiger partial charge in [0.1, 0.15) is 0 Å². The van der Waals surface area contributed by atoms with E-state index in [4.69, 9.17) is 5.53 Å². The van der Waals surface area contributed by atoms with Crippen molar-refractivity contribution in [1.82, 2.24) is 0 Å². The molecule has 0 aliphatic rings. The quantitative estimate of drug-likeness (QED) is 0.714. The van der Waals surface area contributed by atoms with Gasteiger partial charge in [-0.1, -0.05) is 44.5 Å². The Kier molecular flexibility index (Phi) is 3.92. The third-order valence-electron chi connectivity index (χ3n) is 3.36. The lowest BCUT2D eigenvalue weighted by Crippen LogP contribution is -2.10. The highest BCUT2D eigenvalue weighted by atomic mass is 15.0. The Bertz CT molecular complexity index is 548. The summed E-state index contributed by atoms with van der Waals surface area (Å²) in [6.45, 7) is 5.41. The molecule has 1 atom stereocenters. The molecule has 0 aliphatic carbocycles. The highest BCUT2D eigenvalue weighted by molar-refractivity contribution is 6.00. The van der Waals surface area contributed by atoms with Crippen molar-refractivity contribution in [3.05, 3.63) is 36.4 Å². The van der Waals surface area contributed by atoms with Gasteiger partial charge in [0.2, 0.25) is 0 Å². The van der Waals surface area contributed by atoms with Crippen LogP contribution in [0.2, 0.25) is 0 Å². The fraction of sp³-hybridized carbons (Fsp3) is 0.333. The van der Waals surface area contributed by atoms with Crippen LogP contribution in [0.3, 0.4) is 0 Å². The number of fused-ring (bicyclic) bond motifs is 1. The minimum atomic E-state index is 0.657. The van der Waals surface area contributed by atoms with Crippen LogP contribution in [0.1, 0.15) is 20.3 Å². The van der Waals surface area contributed by atoms with Crippen molar-refractivity contribution in [1.29, 1.82) is 5.53 Å². The van der Waals surface area contributed by atoms with E-state index in [1.807, 2.05) is 30.3 Å². The Morgan fingerprint density at radius 3 is 2.56 bits per heavy atom. The second-order valence-corrected chi connectivity index (χ2v) is 4.68. The average molecular weight is 241 g/mol. The van der Waals surface area contributed by atoms with Gasteiger partial charge in [-0.25, -0.2) is 5.53 Å². The largest absolute Gasteiger partial charge is 0.384 e. The minimum absolute atomic E-state index is 0.657. The Morgan fingerprint density at radius 2 is 1.89 bits per heavy atom. The molecular weight excluding hydrogens is 222 g/mol. The van der Waals surface area contributed by atoms with Gasteiger partial charge >= 0.3 is 0 Å². The van der Waals surface area contributed by atoms with Gasteiger partial charge in [0.05, 0.1) is 5.69 Å². The average Bonchev–Trinajstić information content (AvgIpc) is 2.44. The molecule has 0 aliphatic heterocycles. The zero-order valence-electron chi connectivity index (χ0n) is 10.9. The summed E-state index contributed by atoms with van der Waals surface area (Å²) in [6, 6.07) is 12.0. The maximum atomic E-state index is 7.20. The molecule has 1 unspecified atom stereocenters. The molecule has 0 saturated heterocycles. The van der Waals surface area contributed by atoms with Crippen LogP contribution in [-0.4, -0.2) is 6.54 Å².